The summed E-state index contributed by atoms with van der Waals surface area (Å²) in [6, 6.07) is 16.7. The standard InChI is InChI=1S/C22H29NO5/c1-26-22(25)19-10-12-20(13-11-19)27-15-7-3-6-14-23-16-21(24)28-17-18-8-4-2-5-9-18/h2,4-5,8-13,21,23-24H,3,6-7,14-17H2,1H3. The van der Waals surface area contributed by atoms with Crippen LogP contribution >= 0.6 is 0 Å². The molecule has 0 radical (unpaired) electrons. The largest absolute Gasteiger partial charge is 0.494 e. The zero-order chi connectivity index (χ0) is 20.0. The highest BCUT2D eigenvalue weighted by molar-refractivity contribution is 5.89. The molecule has 0 fully saturated rings. The SMILES string of the molecule is COC(=O)c1ccc(OCCCCCNCC(O)OCc2ccccc2)cc1. The van der Waals surface area contributed by atoms with Gasteiger partial charge in [0, 0.05) is 6.54 Å². The fourth-order valence-corrected chi connectivity index (χ4v) is 2.58. The smallest absolute Gasteiger partial charge is 0.337 e. The van der Waals surface area contributed by atoms with Crippen molar-refractivity contribution in [3.05, 3.63) is 65.7 Å². The summed E-state index contributed by atoms with van der Waals surface area (Å²) in [5.41, 5.74) is 1.55. The van der Waals surface area contributed by atoms with Crippen LogP contribution in [0.15, 0.2) is 54.6 Å². The Labute approximate surface area is 166 Å². The highest BCUT2D eigenvalue weighted by atomic mass is 16.6. The van der Waals surface area contributed by atoms with E-state index in [1.165, 1.54) is 7.11 Å². The Morgan fingerprint density at radius 1 is 1.04 bits per heavy atom. The summed E-state index contributed by atoms with van der Waals surface area (Å²) in [4.78, 5) is 11.4. The van der Waals surface area contributed by atoms with Crippen LogP contribution in [-0.2, 0) is 16.1 Å². The van der Waals surface area contributed by atoms with Crippen LogP contribution in [0.25, 0.3) is 0 Å². The summed E-state index contributed by atoms with van der Waals surface area (Å²) in [5.74, 6) is 0.388. The molecule has 28 heavy (non-hydrogen) atoms. The predicted molar refractivity (Wildman–Crippen MR) is 107 cm³/mol. The molecule has 0 aliphatic heterocycles. The van der Waals surface area contributed by atoms with Gasteiger partial charge in [0.1, 0.15) is 5.75 Å². The van der Waals surface area contributed by atoms with Gasteiger partial charge in [-0.3, -0.25) is 0 Å². The van der Waals surface area contributed by atoms with Crippen LogP contribution in [0.1, 0.15) is 35.2 Å². The second-order valence-electron chi connectivity index (χ2n) is 6.38. The van der Waals surface area contributed by atoms with Gasteiger partial charge < -0.3 is 24.6 Å². The van der Waals surface area contributed by atoms with Crippen LogP contribution in [-0.4, -0.2) is 44.2 Å². The molecule has 0 bridgehead atoms. The monoisotopic (exact) mass is 387 g/mol. The molecule has 0 saturated carbocycles. The lowest BCUT2D eigenvalue weighted by molar-refractivity contribution is -0.104. The van der Waals surface area contributed by atoms with Gasteiger partial charge in [0.25, 0.3) is 0 Å². The summed E-state index contributed by atoms with van der Waals surface area (Å²) < 4.78 is 15.7. The number of carbonyl (C=O) groups is 1. The van der Waals surface area contributed by atoms with Crippen molar-refractivity contribution in [2.75, 3.05) is 26.8 Å². The Bertz CT molecular complexity index is 675. The Morgan fingerprint density at radius 3 is 2.50 bits per heavy atom. The minimum Gasteiger partial charge on any atom is -0.494 e. The number of rotatable bonds is 13. The topological polar surface area (TPSA) is 77.0 Å². The second kappa shape index (κ2) is 12.9. The first-order valence-electron chi connectivity index (χ1n) is 9.54. The molecule has 0 aliphatic rings. The van der Waals surface area contributed by atoms with Gasteiger partial charge in [-0.1, -0.05) is 30.3 Å². The molecule has 0 amide bonds. The zero-order valence-electron chi connectivity index (χ0n) is 16.3. The molecule has 6 heteroatoms. The Balaban J connectivity index is 1.45. The minimum absolute atomic E-state index is 0.352. The number of benzene rings is 2. The van der Waals surface area contributed by atoms with Crippen molar-refractivity contribution in [3.8, 4) is 5.75 Å². The molecule has 0 heterocycles. The van der Waals surface area contributed by atoms with Crippen molar-refractivity contribution < 1.29 is 24.1 Å². The number of nitrogens with one attached hydrogen (secondary N) is 1. The van der Waals surface area contributed by atoms with Gasteiger partial charge in [-0.2, -0.15) is 0 Å². The van der Waals surface area contributed by atoms with Crippen LogP contribution in [0, 0.1) is 0 Å². The van der Waals surface area contributed by atoms with Crippen LogP contribution in [0.4, 0.5) is 0 Å². The second-order valence-corrected chi connectivity index (χ2v) is 6.38. The van der Waals surface area contributed by atoms with E-state index in [0.29, 0.717) is 25.3 Å². The Morgan fingerprint density at radius 2 is 1.79 bits per heavy atom. The molecular formula is C22H29NO5. The molecule has 2 N–H and O–H groups in total. The summed E-state index contributed by atoms with van der Waals surface area (Å²) in [7, 11) is 1.36. The zero-order valence-corrected chi connectivity index (χ0v) is 16.3. The van der Waals surface area contributed by atoms with Crippen molar-refractivity contribution in [2.45, 2.75) is 32.2 Å². The number of aliphatic hydroxyl groups is 1. The van der Waals surface area contributed by atoms with E-state index in [4.69, 9.17) is 9.47 Å². The maximum atomic E-state index is 11.4. The van der Waals surface area contributed by atoms with Gasteiger partial charge in [-0.25, -0.2) is 4.79 Å². The van der Waals surface area contributed by atoms with E-state index in [2.05, 4.69) is 10.1 Å². The molecule has 0 saturated heterocycles. The van der Waals surface area contributed by atoms with Gasteiger partial charge in [0.2, 0.25) is 0 Å². The van der Waals surface area contributed by atoms with Crippen molar-refractivity contribution in [2.24, 2.45) is 0 Å². The number of hydrogen-bond donors (Lipinski definition) is 2. The fraction of sp³-hybridized carbons (Fsp3) is 0.409. The van der Waals surface area contributed by atoms with Crippen molar-refractivity contribution >= 4 is 5.97 Å². The van der Waals surface area contributed by atoms with Crippen LogP contribution < -0.4 is 10.1 Å². The lowest BCUT2D eigenvalue weighted by atomic mass is 10.2. The van der Waals surface area contributed by atoms with Crippen molar-refractivity contribution in [1.29, 1.82) is 0 Å². The third-order valence-electron chi connectivity index (χ3n) is 4.15. The lowest BCUT2D eigenvalue weighted by Crippen LogP contribution is -2.29. The lowest BCUT2D eigenvalue weighted by Gasteiger charge is -2.13. The summed E-state index contributed by atoms with van der Waals surface area (Å²) in [6.45, 7) is 2.26. The van der Waals surface area contributed by atoms with Gasteiger partial charge in [-0.05, 0) is 55.6 Å². The van der Waals surface area contributed by atoms with Crippen LogP contribution in [0.5, 0.6) is 5.75 Å². The normalized spacial score (nSPS) is 11.8. The van der Waals surface area contributed by atoms with Crippen molar-refractivity contribution in [1.82, 2.24) is 5.32 Å². The van der Waals surface area contributed by atoms with Crippen molar-refractivity contribution in [3.63, 3.8) is 0 Å². The molecule has 6 nitrogen and oxygen atoms in total. The van der Waals surface area contributed by atoms with E-state index in [1.807, 2.05) is 30.3 Å². The number of ether oxygens (including phenoxy) is 3. The predicted octanol–water partition coefficient (Wildman–Crippen LogP) is 3.15. The molecule has 2 rings (SSSR count). The van der Waals surface area contributed by atoms with E-state index >= 15 is 0 Å². The third kappa shape index (κ3) is 8.52. The molecular weight excluding hydrogens is 358 g/mol. The summed E-state index contributed by atoms with van der Waals surface area (Å²) in [5, 5.41) is 13.0. The molecule has 2 aromatic rings. The minimum atomic E-state index is -0.809. The quantitative estimate of drug-likeness (QED) is 0.312. The van der Waals surface area contributed by atoms with Gasteiger partial charge >= 0.3 is 5.97 Å². The van der Waals surface area contributed by atoms with Crippen LogP contribution in [0.3, 0.4) is 0 Å². The van der Waals surface area contributed by atoms with Gasteiger partial charge in [0.15, 0.2) is 6.29 Å². The molecule has 0 aromatic heterocycles. The summed E-state index contributed by atoms with van der Waals surface area (Å²) in [6.07, 6.45) is 2.15. The van der Waals surface area contributed by atoms with E-state index in [1.54, 1.807) is 24.3 Å². The van der Waals surface area contributed by atoms with Gasteiger partial charge in [0.05, 0.1) is 25.9 Å². The van der Waals surface area contributed by atoms with Crippen LogP contribution in [0.2, 0.25) is 0 Å². The number of aliphatic hydroxyl groups excluding tert-OH is 1. The number of esters is 1. The first kappa shape index (κ1) is 21.9. The molecule has 2 aromatic carbocycles. The highest BCUT2D eigenvalue weighted by Gasteiger charge is 2.05. The summed E-state index contributed by atoms with van der Waals surface area (Å²) >= 11 is 0. The fourth-order valence-electron chi connectivity index (χ4n) is 2.58. The first-order chi connectivity index (χ1) is 13.7. The molecule has 0 spiro atoms. The van der Waals surface area contributed by atoms with E-state index < -0.39 is 6.29 Å². The number of hydrogen-bond acceptors (Lipinski definition) is 6. The number of carbonyl (C=O) groups excluding carboxylic acids is 1. The average Bonchev–Trinajstić information content (AvgIpc) is 2.74. The maximum Gasteiger partial charge on any atom is 0.337 e. The maximum absolute atomic E-state index is 11.4. The third-order valence-corrected chi connectivity index (χ3v) is 4.15. The Kier molecular flexibility index (Phi) is 10.1. The molecule has 152 valence electrons. The molecule has 0 aliphatic carbocycles. The molecule has 1 atom stereocenters. The number of methoxy groups -OCH3 is 1. The number of unbranched alkanes of at least 4 members (excludes halogenated alkanes) is 2. The average molecular weight is 387 g/mol. The first-order valence-corrected chi connectivity index (χ1v) is 9.54. The van der Waals surface area contributed by atoms with Gasteiger partial charge in [-0.15, -0.1) is 0 Å². The molecule has 1 unspecified atom stereocenters. The highest BCUT2D eigenvalue weighted by Crippen LogP contribution is 2.13. The van der Waals surface area contributed by atoms with E-state index in [9.17, 15) is 9.90 Å². The van der Waals surface area contributed by atoms with E-state index in [-0.39, 0.29) is 5.97 Å². The Hall–Kier alpha value is -2.41. The van der Waals surface area contributed by atoms with E-state index in [0.717, 1.165) is 37.1 Å².